The summed E-state index contributed by atoms with van der Waals surface area (Å²) < 4.78 is 5.31. The maximum absolute atomic E-state index is 11.2. The lowest BCUT2D eigenvalue weighted by molar-refractivity contribution is 0.0392. The lowest BCUT2D eigenvalue weighted by atomic mass is 10.2. The molecule has 2 heterocycles. The minimum atomic E-state index is -0.939. The molecule has 1 aromatic rings. The fraction of sp³-hybridized carbons (Fsp3) is 0.571. The Labute approximate surface area is 119 Å². The van der Waals surface area contributed by atoms with E-state index < -0.39 is 5.97 Å². The number of hydrogen-bond acceptors (Lipinski definition) is 5. The molecule has 1 N–H and O–H groups in total. The van der Waals surface area contributed by atoms with Gasteiger partial charge in [0.15, 0.2) is 0 Å². The molecule has 0 bridgehead atoms. The summed E-state index contributed by atoms with van der Waals surface area (Å²) in [6.45, 7) is 6.90. The van der Waals surface area contributed by atoms with Crippen molar-refractivity contribution >= 4 is 11.8 Å². The number of likely N-dealkylation sites (N-methyl/N-ethyl adjacent to an activating group) is 1. The van der Waals surface area contributed by atoms with Gasteiger partial charge in [-0.15, -0.1) is 0 Å². The first-order valence-electron chi connectivity index (χ1n) is 6.80. The van der Waals surface area contributed by atoms with Gasteiger partial charge in [0.1, 0.15) is 11.4 Å². The van der Waals surface area contributed by atoms with Crippen molar-refractivity contribution in [3.05, 3.63) is 23.4 Å². The molecular weight excluding hydrogens is 258 g/mol. The lowest BCUT2D eigenvalue weighted by Crippen LogP contribution is -2.41. The van der Waals surface area contributed by atoms with Crippen LogP contribution in [0.3, 0.4) is 0 Å². The maximum Gasteiger partial charge on any atom is 0.339 e. The van der Waals surface area contributed by atoms with Gasteiger partial charge < -0.3 is 14.7 Å². The van der Waals surface area contributed by atoms with Crippen molar-refractivity contribution in [2.75, 3.05) is 51.3 Å². The Kier molecular flexibility index (Phi) is 4.92. The maximum atomic E-state index is 11.2. The fourth-order valence-electron chi connectivity index (χ4n) is 2.22. The average molecular weight is 279 g/mol. The Morgan fingerprint density at radius 2 is 2.15 bits per heavy atom. The summed E-state index contributed by atoms with van der Waals surface area (Å²) >= 11 is 0. The quantitative estimate of drug-likeness (QED) is 0.862. The van der Waals surface area contributed by atoms with Gasteiger partial charge in [-0.25, -0.2) is 9.78 Å². The first-order valence-corrected chi connectivity index (χ1v) is 6.80. The molecule has 0 spiro atoms. The van der Waals surface area contributed by atoms with Gasteiger partial charge >= 0.3 is 5.97 Å². The summed E-state index contributed by atoms with van der Waals surface area (Å²) in [5, 5.41) is 9.23. The summed E-state index contributed by atoms with van der Waals surface area (Å²) in [4.78, 5) is 19.8. The third-order valence-electron chi connectivity index (χ3n) is 3.46. The molecule has 110 valence electrons. The molecule has 1 aromatic heterocycles. The Morgan fingerprint density at radius 3 is 2.80 bits per heavy atom. The second-order valence-electron chi connectivity index (χ2n) is 5.00. The van der Waals surface area contributed by atoms with E-state index in [1.54, 1.807) is 12.1 Å². The third-order valence-corrected chi connectivity index (χ3v) is 3.46. The highest BCUT2D eigenvalue weighted by atomic mass is 16.5. The normalized spacial score (nSPS) is 16.1. The van der Waals surface area contributed by atoms with Crippen LogP contribution in [0.5, 0.6) is 0 Å². The van der Waals surface area contributed by atoms with E-state index in [1.807, 2.05) is 18.9 Å². The number of carbonyl (C=O) groups is 1. The monoisotopic (exact) mass is 279 g/mol. The zero-order chi connectivity index (χ0) is 14.5. The second-order valence-corrected chi connectivity index (χ2v) is 5.00. The molecular formula is C14H21N3O3. The van der Waals surface area contributed by atoms with E-state index in [0.29, 0.717) is 5.82 Å². The molecule has 1 aliphatic heterocycles. The molecule has 0 aromatic carbocycles. The average Bonchev–Trinajstić information content (AvgIpc) is 2.45. The van der Waals surface area contributed by atoms with Crippen LogP contribution in [-0.4, -0.2) is 67.4 Å². The van der Waals surface area contributed by atoms with E-state index in [-0.39, 0.29) is 5.56 Å². The smallest absolute Gasteiger partial charge is 0.339 e. The Morgan fingerprint density at radius 1 is 1.45 bits per heavy atom. The highest BCUT2D eigenvalue weighted by Gasteiger charge is 2.17. The van der Waals surface area contributed by atoms with Crippen molar-refractivity contribution < 1.29 is 14.6 Å². The number of carboxylic acid groups (broad SMARTS) is 1. The van der Waals surface area contributed by atoms with Crippen LogP contribution in [0.4, 0.5) is 5.82 Å². The molecule has 1 aliphatic rings. The number of aromatic carboxylic acids is 1. The summed E-state index contributed by atoms with van der Waals surface area (Å²) in [7, 11) is 1.88. The van der Waals surface area contributed by atoms with Crippen molar-refractivity contribution in [3.8, 4) is 0 Å². The van der Waals surface area contributed by atoms with Crippen molar-refractivity contribution in [2.24, 2.45) is 0 Å². The Balaban J connectivity index is 2.02. The molecule has 0 radical (unpaired) electrons. The molecule has 20 heavy (non-hydrogen) atoms. The molecule has 0 atom stereocenters. The van der Waals surface area contributed by atoms with Gasteiger partial charge in [-0.05, 0) is 19.1 Å². The lowest BCUT2D eigenvalue weighted by Gasteiger charge is -2.29. The standard InChI is InChI=1S/C14H21N3O3/c1-11-3-4-12(14(18)19)13(15-11)16(2)5-6-17-7-9-20-10-8-17/h3-4H,5-10H2,1-2H3,(H,18,19). The second kappa shape index (κ2) is 6.67. The zero-order valence-electron chi connectivity index (χ0n) is 12.0. The molecule has 1 saturated heterocycles. The first kappa shape index (κ1) is 14.7. The Bertz CT molecular complexity index is 473. The fourth-order valence-corrected chi connectivity index (χ4v) is 2.22. The Hall–Kier alpha value is -1.66. The molecule has 0 saturated carbocycles. The van der Waals surface area contributed by atoms with E-state index in [1.165, 1.54) is 0 Å². The van der Waals surface area contributed by atoms with Gasteiger partial charge in [-0.1, -0.05) is 0 Å². The van der Waals surface area contributed by atoms with Crippen molar-refractivity contribution in [2.45, 2.75) is 6.92 Å². The van der Waals surface area contributed by atoms with Crippen LogP contribution in [-0.2, 0) is 4.74 Å². The number of aryl methyl sites for hydroxylation is 1. The summed E-state index contributed by atoms with van der Waals surface area (Å²) in [6, 6.07) is 3.34. The van der Waals surface area contributed by atoms with Crippen molar-refractivity contribution in [3.63, 3.8) is 0 Å². The molecule has 6 nitrogen and oxygen atoms in total. The van der Waals surface area contributed by atoms with Gasteiger partial charge in [0.2, 0.25) is 0 Å². The van der Waals surface area contributed by atoms with Gasteiger partial charge in [0.05, 0.1) is 13.2 Å². The highest BCUT2D eigenvalue weighted by Crippen LogP contribution is 2.17. The van der Waals surface area contributed by atoms with Crippen LogP contribution in [0.1, 0.15) is 16.1 Å². The highest BCUT2D eigenvalue weighted by molar-refractivity contribution is 5.93. The predicted octanol–water partition coefficient (Wildman–Crippen LogP) is 0.857. The number of carboxylic acids is 1. The molecule has 0 unspecified atom stereocenters. The number of nitrogens with zero attached hydrogens (tertiary/aromatic N) is 3. The number of anilines is 1. The summed E-state index contributed by atoms with van der Waals surface area (Å²) in [5.41, 5.74) is 1.07. The van der Waals surface area contributed by atoms with E-state index >= 15 is 0 Å². The van der Waals surface area contributed by atoms with Crippen LogP contribution >= 0.6 is 0 Å². The molecule has 2 rings (SSSR count). The molecule has 6 heteroatoms. The third kappa shape index (κ3) is 3.68. The number of hydrogen-bond donors (Lipinski definition) is 1. The zero-order valence-corrected chi connectivity index (χ0v) is 12.0. The summed E-state index contributed by atoms with van der Waals surface area (Å²) in [6.07, 6.45) is 0. The van der Waals surface area contributed by atoms with Gasteiger partial charge in [-0.2, -0.15) is 0 Å². The number of pyridine rings is 1. The largest absolute Gasteiger partial charge is 0.478 e. The predicted molar refractivity (Wildman–Crippen MR) is 76.5 cm³/mol. The van der Waals surface area contributed by atoms with Crippen LogP contribution in [0.25, 0.3) is 0 Å². The topological polar surface area (TPSA) is 65.9 Å². The van der Waals surface area contributed by atoms with Gasteiger partial charge in [0.25, 0.3) is 0 Å². The molecule has 0 amide bonds. The molecule has 0 aliphatic carbocycles. The van der Waals surface area contributed by atoms with Crippen LogP contribution in [0, 0.1) is 6.92 Å². The van der Waals surface area contributed by atoms with Gasteiger partial charge in [-0.3, -0.25) is 4.90 Å². The number of ether oxygens (including phenoxy) is 1. The first-order chi connectivity index (χ1) is 9.58. The van der Waals surface area contributed by atoms with E-state index in [9.17, 15) is 9.90 Å². The van der Waals surface area contributed by atoms with Crippen LogP contribution in [0.15, 0.2) is 12.1 Å². The van der Waals surface area contributed by atoms with E-state index in [4.69, 9.17) is 4.74 Å². The van der Waals surface area contributed by atoms with Crippen molar-refractivity contribution in [1.82, 2.24) is 9.88 Å². The number of rotatable bonds is 5. The van der Waals surface area contributed by atoms with E-state index in [0.717, 1.165) is 45.1 Å². The van der Waals surface area contributed by atoms with Crippen LogP contribution < -0.4 is 4.90 Å². The summed E-state index contributed by atoms with van der Waals surface area (Å²) in [5.74, 6) is -0.406. The van der Waals surface area contributed by atoms with E-state index in [2.05, 4.69) is 9.88 Å². The SMILES string of the molecule is Cc1ccc(C(=O)O)c(N(C)CCN2CCOCC2)n1. The van der Waals surface area contributed by atoms with Crippen LogP contribution in [0.2, 0.25) is 0 Å². The van der Waals surface area contributed by atoms with Crippen molar-refractivity contribution in [1.29, 1.82) is 0 Å². The number of morpholine rings is 1. The molecule has 1 fully saturated rings. The number of aromatic nitrogens is 1. The minimum absolute atomic E-state index is 0.250. The van der Waals surface area contributed by atoms with Gasteiger partial charge in [0, 0.05) is 38.9 Å². The minimum Gasteiger partial charge on any atom is -0.478 e.